The van der Waals surface area contributed by atoms with Gasteiger partial charge in [0.05, 0.1) is 10.6 Å². The van der Waals surface area contributed by atoms with Gasteiger partial charge in [0.25, 0.3) is 15.0 Å². The second-order valence-electron chi connectivity index (χ2n) is 4.55. The first-order chi connectivity index (χ1) is 9.63. The van der Waals surface area contributed by atoms with Crippen LogP contribution in [-0.4, -0.2) is 31.8 Å². The summed E-state index contributed by atoms with van der Waals surface area (Å²) < 4.78 is 23.5. The average Bonchev–Trinajstić information content (AvgIpc) is 2.40. The van der Waals surface area contributed by atoms with Gasteiger partial charge in [0.1, 0.15) is 4.90 Å². The van der Waals surface area contributed by atoms with Crippen LogP contribution >= 0.6 is 38.2 Å². The maximum Gasteiger partial charge on any atom is 0.262 e. The highest BCUT2D eigenvalue weighted by Crippen LogP contribution is 2.32. The topological polar surface area (TPSA) is 54.5 Å². The molecule has 0 aliphatic carbocycles. The number of rotatable bonds is 5. The molecule has 0 aliphatic rings. The van der Waals surface area contributed by atoms with Crippen molar-refractivity contribution < 1.29 is 13.2 Å². The fraction of sp³-hybridized carbons (Fsp3) is 0.462. The molecule has 1 aromatic rings. The molecular formula is C13H16BrCl2NO3S. The summed E-state index contributed by atoms with van der Waals surface area (Å²) in [7, 11) is 1.33. The van der Waals surface area contributed by atoms with E-state index in [1.807, 2.05) is 20.8 Å². The molecule has 0 aromatic heterocycles. The van der Waals surface area contributed by atoms with Crippen molar-refractivity contribution in [1.29, 1.82) is 0 Å². The van der Waals surface area contributed by atoms with Crippen molar-refractivity contribution in [3.63, 3.8) is 0 Å². The van der Waals surface area contributed by atoms with Crippen molar-refractivity contribution in [2.75, 3.05) is 6.54 Å². The Kier molecular flexibility index (Phi) is 6.53. The molecule has 0 N–H and O–H groups in total. The first kappa shape index (κ1) is 18.7. The van der Waals surface area contributed by atoms with E-state index >= 15 is 0 Å². The summed E-state index contributed by atoms with van der Waals surface area (Å²) in [5, 5.41) is -0.153. The number of hydrogen-bond acceptors (Lipinski definition) is 3. The van der Waals surface area contributed by atoms with E-state index in [4.69, 9.17) is 22.3 Å². The van der Waals surface area contributed by atoms with Gasteiger partial charge in [0.15, 0.2) is 0 Å². The fourth-order valence-electron chi connectivity index (χ4n) is 1.93. The zero-order valence-electron chi connectivity index (χ0n) is 11.9. The zero-order chi connectivity index (χ0) is 16.4. The van der Waals surface area contributed by atoms with Gasteiger partial charge >= 0.3 is 0 Å². The van der Waals surface area contributed by atoms with Crippen LogP contribution in [0.4, 0.5) is 0 Å². The Bertz CT molecular complexity index is 649. The second kappa shape index (κ2) is 7.31. The third-order valence-electron chi connectivity index (χ3n) is 3.22. The van der Waals surface area contributed by atoms with Gasteiger partial charge < -0.3 is 4.90 Å². The minimum atomic E-state index is -4.03. The van der Waals surface area contributed by atoms with Crippen molar-refractivity contribution in [1.82, 2.24) is 4.90 Å². The van der Waals surface area contributed by atoms with Gasteiger partial charge in [-0.15, -0.1) is 0 Å². The maximum absolute atomic E-state index is 12.6. The number of carbonyl (C=O) groups is 1. The van der Waals surface area contributed by atoms with Crippen LogP contribution in [0.15, 0.2) is 21.5 Å². The van der Waals surface area contributed by atoms with Crippen LogP contribution in [0.3, 0.4) is 0 Å². The van der Waals surface area contributed by atoms with Crippen molar-refractivity contribution in [3.8, 4) is 0 Å². The van der Waals surface area contributed by atoms with Crippen LogP contribution < -0.4 is 0 Å². The van der Waals surface area contributed by atoms with Crippen molar-refractivity contribution in [3.05, 3.63) is 27.2 Å². The molecular weight excluding hydrogens is 401 g/mol. The van der Waals surface area contributed by atoms with E-state index in [0.717, 1.165) is 6.42 Å². The van der Waals surface area contributed by atoms with Crippen molar-refractivity contribution in [2.45, 2.75) is 38.1 Å². The third-order valence-corrected chi connectivity index (χ3v) is 5.54. The molecule has 21 heavy (non-hydrogen) atoms. The number of benzene rings is 1. The Morgan fingerprint density at radius 3 is 2.38 bits per heavy atom. The van der Waals surface area contributed by atoms with Gasteiger partial charge in [-0.25, -0.2) is 8.42 Å². The first-order valence-corrected chi connectivity index (χ1v) is 9.86. The summed E-state index contributed by atoms with van der Waals surface area (Å²) >= 11 is 9.26. The summed E-state index contributed by atoms with van der Waals surface area (Å²) in [5.74, 6) is -0.320. The molecule has 1 rings (SSSR count). The standard InChI is InChI=1S/C13H16BrCl2NO3S/c1-4-8(3)17(5-2)13(18)10-6-9(14)7-11(12(10)15)21(16,19)20/h6-8H,4-5H2,1-3H3. The molecule has 0 aliphatic heterocycles. The Labute approximate surface area is 143 Å². The Balaban J connectivity index is 3.44. The summed E-state index contributed by atoms with van der Waals surface area (Å²) in [6.45, 7) is 6.25. The molecule has 0 spiro atoms. The van der Waals surface area contributed by atoms with E-state index < -0.39 is 9.05 Å². The van der Waals surface area contributed by atoms with E-state index in [2.05, 4.69) is 15.9 Å². The summed E-state index contributed by atoms with van der Waals surface area (Å²) in [6.07, 6.45) is 0.784. The highest BCUT2D eigenvalue weighted by Gasteiger charge is 2.26. The Hall–Kier alpha value is -0.300. The van der Waals surface area contributed by atoms with Crippen LogP contribution in [0, 0.1) is 0 Å². The largest absolute Gasteiger partial charge is 0.336 e. The third kappa shape index (κ3) is 4.34. The highest BCUT2D eigenvalue weighted by molar-refractivity contribution is 9.10. The molecule has 0 saturated heterocycles. The van der Waals surface area contributed by atoms with Gasteiger partial charge in [-0.2, -0.15) is 0 Å². The maximum atomic E-state index is 12.6. The number of carbonyl (C=O) groups excluding carboxylic acids is 1. The lowest BCUT2D eigenvalue weighted by molar-refractivity contribution is 0.0700. The van der Waals surface area contributed by atoms with E-state index in [0.29, 0.717) is 11.0 Å². The molecule has 0 saturated carbocycles. The van der Waals surface area contributed by atoms with Crippen LogP contribution in [0.5, 0.6) is 0 Å². The Morgan fingerprint density at radius 1 is 1.38 bits per heavy atom. The molecule has 0 radical (unpaired) electrons. The second-order valence-corrected chi connectivity index (χ2v) is 8.38. The zero-order valence-corrected chi connectivity index (χ0v) is 15.8. The minimum Gasteiger partial charge on any atom is -0.336 e. The molecule has 4 nitrogen and oxygen atoms in total. The van der Waals surface area contributed by atoms with Gasteiger partial charge in [0.2, 0.25) is 0 Å². The molecule has 0 fully saturated rings. The monoisotopic (exact) mass is 415 g/mol. The van der Waals surface area contributed by atoms with E-state index in [9.17, 15) is 13.2 Å². The molecule has 0 heterocycles. The predicted molar refractivity (Wildman–Crippen MR) is 88.7 cm³/mol. The Morgan fingerprint density at radius 2 is 1.95 bits per heavy atom. The minimum absolute atomic E-state index is 0.0219. The van der Waals surface area contributed by atoms with Gasteiger partial charge in [-0.3, -0.25) is 4.79 Å². The smallest absolute Gasteiger partial charge is 0.262 e. The summed E-state index contributed by atoms with van der Waals surface area (Å²) in [4.78, 5) is 14.0. The summed E-state index contributed by atoms with van der Waals surface area (Å²) in [5.41, 5.74) is 0.118. The van der Waals surface area contributed by atoms with Crippen LogP contribution in [0.1, 0.15) is 37.6 Å². The average molecular weight is 417 g/mol. The lowest BCUT2D eigenvalue weighted by atomic mass is 10.1. The molecule has 1 amide bonds. The van der Waals surface area contributed by atoms with Gasteiger partial charge in [0, 0.05) is 27.7 Å². The summed E-state index contributed by atoms with van der Waals surface area (Å²) in [6, 6.07) is 2.80. The van der Waals surface area contributed by atoms with Crippen molar-refractivity contribution >= 4 is 53.2 Å². The SMILES string of the molecule is CCC(C)N(CC)C(=O)c1cc(Br)cc(S(=O)(=O)Cl)c1Cl. The molecule has 0 bridgehead atoms. The number of hydrogen-bond donors (Lipinski definition) is 0. The number of nitrogens with zero attached hydrogens (tertiary/aromatic N) is 1. The lowest BCUT2D eigenvalue weighted by Crippen LogP contribution is -2.38. The number of halogens is 3. The fourth-order valence-corrected chi connectivity index (χ4v) is 4.11. The predicted octanol–water partition coefficient (Wildman–Crippen LogP) is 4.29. The van der Waals surface area contributed by atoms with Crippen LogP contribution in [0.2, 0.25) is 5.02 Å². The molecule has 1 unspecified atom stereocenters. The molecule has 1 aromatic carbocycles. The lowest BCUT2D eigenvalue weighted by Gasteiger charge is -2.28. The van der Waals surface area contributed by atoms with E-state index in [1.165, 1.54) is 12.1 Å². The molecule has 118 valence electrons. The number of amides is 1. The quantitative estimate of drug-likeness (QED) is 0.672. The van der Waals surface area contributed by atoms with Gasteiger partial charge in [-0.1, -0.05) is 34.5 Å². The van der Waals surface area contributed by atoms with E-state index in [-0.39, 0.29) is 27.4 Å². The highest BCUT2D eigenvalue weighted by atomic mass is 79.9. The first-order valence-electron chi connectivity index (χ1n) is 6.38. The van der Waals surface area contributed by atoms with Crippen molar-refractivity contribution in [2.24, 2.45) is 0 Å². The van der Waals surface area contributed by atoms with Crippen LogP contribution in [-0.2, 0) is 9.05 Å². The van der Waals surface area contributed by atoms with Crippen LogP contribution in [0.25, 0.3) is 0 Å². The molecule has 8 heteroatoms. The molecule has 1 atom stereocenters. The normalized spacial score (nSPS) is 13.0. The van der Waals surface area contributed by atoms with Gasteiger partial charge in [-0.05, 0) is 32.4 Å². The van der Waals surface area contributed by atoms with E-state index in [1.54, 1.807) is 4.90 Å².